The molecule has 0 unspecified atom stereocenters. The first kappa shape index (κ1) is 15.9. The molecular weight excluding hydrogens is 333 g/mol. The van der Waals surface area contributed by atoms with Crippen molar-refractivity contribution in [2.45, 2.75) is 18.7 Å². The zero-order valence-electron chi connectivity index (χ0n) is 11.3. The fourth-order valence-electron chi connectivity index (χ4n) is 1.93. The number of aromatic nitrogens is 1. The number of amides is 2. The van der Waals surface area contributed by atoms with Crippen LogP contribution in [0, 0.1) is 13.8 Å². The Balaban J connectivity index is 2.21. The smallest absolute Gasteiger partial charge is 0.281 e. The number of hydrazine groups is 1. The summed E-state index contributed by atoms with van der Waals surface area (Å²) in [6, 6.07) is 5.80. The van der Waals surface area contributed by atoms with Crippen molar-refractivity contribution in [3.63, 3.8) is 0 Å². The van der Waals surface area contributed by atoms with Gasteiger partial charge in [-0.3, -0.25) is 20.4 Å². The van der Waals surface area contributed by atoms with Crippen LogP contribution in [0.4, 0.5) is 0 Å². The number of carbonyl (C=O) groups excluding carboxylic acids is 2. The summed E-state index contributed by atoms with van der Waals surface area (Å²) in [5.74, 6) is -1.10. The summed E-state index contributed by atoms with van der Waals surface area (Å²) in [5.41, 5.74) is 7.27. The minimum absolute atomic E-state index is 0.421. The molecule has 112 valence electrons. The molecule has 2 rings (SSSR count). The Morgan fingerprint density at radius 1 is 1.14 bits per heavy atom. The predicted molar refractivity (Wildman–Crippen MR) is 84.2 cm³/mol. The van der Waals surface area contributed by atoms with Gasteiger partial charge in [-0.1, -0.05) is 23.2 Å². The predicted octanol–water partition coefficient (Wildman–Crippen LogP) is 2.72. The van der Waals surface area contributed by atoms with Crippen LogP contribution in [0.2, 0.25) is 0 Å². The standard InChI is InChI=1S/C13H13Cl2N3O2S/c1-7-3-4-8(2)18(7)9-5-6-21-10(9)12(19)16-17-13(20)11(14)15/h3-6,11H,1-2H3,(H,16,19)(H,17,20). The van der Waals surface area contributed by atoms with Gasteiger partial charge in [-0.15, -0.1) is 11.3 Å². The molecular formula is C13H13Cl2N3O2S. The zero-order valence-corrected chi connectivity index (χ0v) is 13.6. The summed E-state index contributed by atoms with van der Waals surface area (Å²) >= 11 is 12.1. The van der Waals surface area contributed by atoms with Gasteiger partial charge in [0.05, 0.1) is 5.69 Å². The van der Waals surface area contributed by atoms with Crippen LogP contribution < -0.4 is 10.9 Å². The number of carbonyl (C=O) groups is 2. The third-order valence-electron chi connectivity index (χ3n) is 2.86. The van der Waals surface area contributed by atoms with Crippen LogP contribution in [-0.2, 0) is 4.79 Å². The zero-order chi connectivity index (χ0) is 15.6. The highest BCUT2D eigenvalue weighted by Gasteiger charge is 2.18. The molecule has 5 nitrogen and oxygen atoms in total. The maximum Gasteiger partial charge on any atom is 0.281 e. The molecule has 2 aromatic rings. The van der Waals surface area contributed by atoms with Crippen LogP contribution in [-0.4, -0.2) is 21.2 Å². The van der Waals surface area contributed by atoms with Gasteiger partial charge in [-0.25, -0.2) is 0 Å². The number of nitrogens with zero attached hydrogens (tertiary/aromatic N) is 1. The molecule has 0 aliphatic rings. The van der Waals surface area contributed by atoms with Gasteiger partial charge in [-0.05, 0) is 37.4 Å². The molecule has 0 aliphatic heterocycles. The highest BCUT2D eigenvalue weighted by atomic mass is 35.5. The summed E-state index contributed by atoms with van der Waals surface area (Å²) < 4.78 is 1.97. The number of aryl methyl sites for hydroxylation is 2. The van der Waals surface area contributed by atoms with Gasteiger partial charge < -0.3 is 4.57 Å². The van der Waals surface area contributed by atoms with E-state index in [9.17, 15) is 9.59 Å². The largest absolute Gasteiger partial charge is 0.317 e. The summed E-state index contributed by atoms with van der Waals surface area (Å²) in [7, 11) is 0. The quantitative estimate of drug-likeness (QED) is 0.663. The van der Waals surface area contributed by atoms with E-state index >= 15 is 0 Å². The molecule has 2 N–H and O–H groups in total. The van der Waals surface area contributed by atoms with Crippen LogP contribution in [0.25, 0.3) is 5.69 Å². The van der Waals surface area contributed by atoms with Crippen molar-refractivity contribution in [3.8, 4) is 5.69 Å². The van der Waals surface area contributed by atoms with Gasteiger partial charge in [0.15, 0.2) is 4.84 Å². The normalized spacial score (nSPS) is 10.7. The minimum Gasteiger partial charge on any atom is -0.317 e. The van der Waals surface area contributed by atoms with E-state index in [1.54, 1.807) is 0 Å². The molecule has 0 atom stereocenters. The van der Waals surface area contributed by atoms with Gasteiger partial charge in [0.1, 0.15) is 4.88 Å². The number of thiophene rings is 1. The van der Waals surface area contributed by atoms with Crippen molar-refractivity contribution in [2.24, 2.45) is 0 Å². The Morgan fingerprint density at radius 3 is 2.33 bits per heavy atom. The van der Waals surface area contributed by atoms with Gasteiger partial charge in [-0.2, -0.15) is 0 Å². The minimum atomic E-state index is -1.23. The maximum atomic E-state index is 12.2. The van der Waals surface area contributed by atoms with E-state index in [1.165, 1.54) is 11.3 Å². The lowest BCUT2D eigenvalue weighted by molar-refractivity contribution is -0.120. The summed E-state index contributed by atoms with van der Waals surface area (Å²) in [6.07, 6.45) is 0. The summed E-state index contributed by atoms with van der Waals surface area (Å²) in [6.45, 7) is 3.92. The second-order valence-corrected chi connectivity index (χ2v) is 6.34. The fraction of sp³-hybridized carbons (Fsp3) is 0.231. The molecule has 2 aromatic heterocycles. The van der Waals surface area contributed by atoms with Gasteiger partial charge in [0, 0.05) is 11.4 Å². The second-order valence-electron chi connectivity index (χ2n) is 4.33. The van der Waals surface area contributed by atoms with E-state index in [1.807, 2.05) is 42.0 Å². The van der Waals surface area contributed by atoms with Crippen molar-refractivity contribution in [2.75, 3.05) is 0 Å². The Morgan fingerprint density at radius 2 is 1.76 bits per heavy atom. The van der Waals surface area contributed by atoms with Gasteiger partial charge in [0.25, 0.3) is 11.8 Å². The monoisotopic (exact) mass is 345 g/mol. The number of hydrogen-bond donors (Lipinski definition) is 2. The van der Waals surface area contributed by atoms with E-state index in [0.717, 1.165) is 17.1 Å². The van der Waals surface area contributed by atoms with Crippen LogP contribution >= 0.6 is 34.5 Å². The second kappa shape index (κ2) is 6.51. The molecule has 0 spiro atoms. The lowest BCUT2D eigenvalue weighted by Gasteiger charge is -2.11. The Hall–Kier alpha value is -1.50. The molecule has 0 aromatic carbocycles. The average Bonchev–Trinajstić information content (AvgIpc) is 3.02. The van der Waals surface area contributed by atoms with Gasteiger partial charge >= 0.3 is 0 Å². The van der Waals surface area contributed by atoms with Crippen molar-refractivity contribution in [1.29, 1.82) is 0 Å². The third-order valence-corrected chi connectivity index (χ3v) is 4.16. The number of halogens is 2. The molecule has 0 saturated carbocycles. The number of rotatable bonds is 3. The van der Waals surface area contributed by atoms with Crippen molar-refractivity contribution >= 4 is 46.4 Å². The number of nitrogens with one attached hydrogen (secondary N) is 2. The molecule has 0 radical (unpaired) electrons. The van der Waals surface area contributed by atoms with Crippen LogP contribution in [0.15, 0.2) is 23.6 Å². The number of hydrogen-bond acceptors (Lipinski definition) is 3. The summed E-state index contributed by atoms with van der Waals surface area (Å²) in [4.78, 5) is 22.7. The van der Waals surface area contributed by atoms with Crippen LogP contribution in [0.1, 0.15) is 21.1 Å². The van der Waals surface area contributed by atoms with Crippen molar-refractivity contribution in [1.82, 2.24) is 15.4 Å². The summed E-state index contributed by atoms with van der Waals surface area (Å²) in [5, 5.41) is 1.82. The Kier molecular flexibility index (Phi) is 4.92. The topological polar surface area (TPSA) is 63.1 Å². The fourth-order valence-corrected chi connectivity index (χ4v) is 2.81. The first-order valence-corrected chi connectivity index (χ1v) is 7.78. The van der Waals surface area contributed by atoms with Crippen LogP contribution in [0.3, 0.4) is 0 Å². The van der Waals surface area contributed by atoms with Crippen molar-refractivity contribution in [3.05, 3.63) is 39.8 Å². The van der Waals surface area contributed by atoms with E-state index in [-0.39, 0.29) is 0 Å². The maximum absolute atomic E-state index is 12.2. The molecule has 0 fully saturated rings. The highest BCUT2D eigenvalue weighted by Crippen LogP contribution is 2.24. The Labute approximate surface area is 135 Å². The Bertz CT molecular complexity index is 659. The van der Waals surface area contributed by atoms with E-state index in [2.05, 4.69) is 10.9 Å². The van der Waals surface area contributed by atoms with E-state index < -0.39 is 16.7 Å². The highest BCUT2D eigenvalue weighted by molar-refractivity contribution is 7.12. The third kappa shape index (κ3) is 3.40. The van der Waals surface area contributed by atoms with Crippen molar-refractivity contribution < 1.29 is 9.59 Å². The van der Waals surface area contributed by atoms with E-state index in [0.29, 0.717) is 4.88 Å². The molecule has 2 heterocycles. The molecule has 0 aliphatic carbocycles. The van der Waals surface area contributed by atoms with E-state index in [4.69, 9.17) is 23.2 Å². The first-order chi connectivity index (χ1) is 9.91. The van der Waals surface area contributed by atoms with Crippen LogP contribution in [0.5, 0.6) is 0 Å². The number of alkyl halides is 2. The molecule has 8 heteroatoms. The molecule has 0 saturated heterocycles. The SMILES string of the molecule is Cc1ccc(C)n1-c1ccsc1C(=O)NNC(=O)C(Cl)Cl. The first-order valence-electron chi connectivity index (χ1n) is 6.03. The lowest BCUT2D eigenvalue weighted by atomic mass is 10.3. The molecule has 21 heavy (non-hydrogen) atoms. The van der Waals surface area contributed by atoms with Gasteiger partial charge in [0.2, 0.25) is 0 Å². The average molecular weight is 346 g/mol. The molecule has 2 amide bonds. The lowest BCUT2D eigenvalue weighted by Crippen LogP contribution is -2.43. The molecule has 0 bridgehead atoms.